The van der Waals surface area contributed by atoms with Crippen LogP contribution < -0.4 is 0 Å². The van der Waals surface area contributed by atoms with Gasteiger partial charge in [-0.05, 0) is 46.9 Å². The van der Waals surface area contributed by atoms with E-state index in [1.807, 2.05) is 24.3 Å². The van der Waals surface area contributed by atoms with Gasteiger partial charge in [0.1, 0.15) is 5.69 Å². The quantitative estimate of drug-likeness (QED) is 0.852. The Kier molecular flexibility index (Phi) is 2.78. The highest BCUT2D eigenvalue weighted by Gasteiger charge is 2.00. The van der Waals surface area contributed by atoms with Crippen molar-refractivity contribution in [2.45, 2.75) is 6.61 Å². The fourth-order valence-corrected chi connectivity index (χ4v) is 1.45. The molecular formula is C9H8IN3O. The lowest BCUT2D eigenvalue weighted by Gasteiger charge is -1.98. The Morgan fingerprint density at radius 1 is 1.29 bits per heavy atom. The molecule has 72 valence electrons. The summed E-state index contributed by atoms with van der Waals surface area (Å²) in [6.45, 7) is -0.0790. The van der Waals surface area contributed by atoms with E-state index >= 15 is 0 Å². The summed E-state index contributed by atoms with van der Waals surface area (Å²) in [5, 5.41) is 16.5. The van der Waals surface area contributed by atoms with Gasteiger partial charge in [-0.25, -0.2) is 4.68 Å². The average Bonchev–Trinajstić information content (AvgIpc) is 2.67. The summed E-state index contributed by atoms with van der Waals surface area (Å²) in [6, 6.07) is 7.90. The maximum absolute atomic E-state index is 8.82. The Morgan fingerprint density at radius 2 is 2.00 bits per heavy atom. The number of aliphatic hydroxyl groups excluding tert-OH is 1. The minimum Gasteiger partial charge on any atom is -0.390 e. The summed E-state index contributed by atoms with van der Waals surface area (Å²) in [7, 11) is 0. The van der Waals surface area contributed by atoms with E-state index in [1.54, 1.807) is 10.9 Å². The van der Waals surface area contributed by atoms with E-state index in [9.17, 15) is 0 Å². The van der Waals surface area contributed by atoms with Gasteiger partial charge in [0.25, 0.3) is 0 Å². The number of rotatable bonds is 2. The highest BCUT2D eigenvalue weighted by molar-refractivity contribution is 14.1. The highest BCUT2D eigenvalue weighted by Crippen LogP contribution is 2.10. The molecule has 14 heavy (non-hydrogen) atoms. The molecule has 0 aliphatic heterocycles. The number of aromatic nitrogens is 3. The van der Waals surface area contributed by atoms with Crippen LogP contribution in [0.1, 0.15) is 5.69 Å². The second kappa shape index (κ2) is 4.05. The fraction of sp³-hybridized carbons (Fsp3) is 0.111. The van der Waals surface area contributed by atoms with Crippen LogP contribution in [0, 0.1) is 3.57 Å². The van der Waals surface area contributed by atoms with Crippen LogP contribution in [-0.4, -0.2) is 20.1 Å². The maximum Gasteiger partial charge on any atom is 0.109 e. The highest BCUT2D eigenvalue weighted by atomic mass is 127. The van der Waals surface area contributed by atoms with E-state index in [0.29, 0.717) is 5.69 Å². The van der Waals surface area contributed by atoms with Crippen LogP contribution in [0.5, 0.6) is 0 Å². The van der Waals surface area contributed by atoms with Gasteiger partial charge in [-0.1, -0.05) is 5.21 Å². The van der Waals surface area contributed by atoms with E-state index in [4.69, 9.17) is 5.11 Å². The molecule has 0 radical (unpaired) electrons. The van der Waals surface area contributed by atoms with Gasteiger partial charge >= 0.3 is 0 Å². The zero-order valence-electron chi connectivity index (χ0n) is 7.26. The molecule has 0 aliphatic rings. The zero-order chi connectivity index (χ0) is 9.97. The lowest BCUT2D eigenvalue weighted by molar-refractivity contribution is 0.276. The van der Waals surface area contributed by atoms with Gasteiger partial charge in [-0.3, -0.25) is 0 Å². The molecule has 0 fully saturated rings. The first kappa shape index (κ1) is 9.60. The predicted molar refractivity (Wildman–Crippen MR) is 60.0 cm³/mol. The van der Waals surface area contributed by atoms with E-state index in [0.717, 1.165) is 5.69 Å². The summed E-state index contributed by atoms with van der Waals surface area (Å²) in [5.74, 6) is 0. The molecule has 0 spiro atoms. The molecule has 5 heteroatoms. The van der Waals surface area contributed by atoms with Crippen molar-refractivity contribution in [2.24, 2.45) is 0 Å². The molecule has 2 rings (SSSR count). The van der Waals surface area contributed by atoms with Crippen molar-refractivity contribution in [3.8, 4) is 5.69 Å². The molecule has 4 nitrogen and oxygen atoms in total. The van der Waals surface area contributed by atoms with Crippen molar-refractivity contribution in [1.82, 2.24) is 15.0 Å². The lowest BCUT2D eigenvalue weighted by atomic mass is 10.3. The predicted octanol–water partition coefficient (Wildman–Crippen LogP) is 1.36. The smallest absolute Gasteiger partial charge is 0.109 e. The molecule has 0 atom stereocenters. The third-order valence-corrected chi connectivity index (χ3v) is 2.51. The summed E-state index contributed by atoms with van der Waals surface area (Å²) < 4.78 is 2.82. The molecule has 1 aromatic heterocycles. The number of nitrogens with zero attached hydrogens (tertiary/aromatic N) is 3. The normalized spacial score (nSPS) is 10.4. The third kappa shape index (κ3) is 1.93. The Balaban J connectivity index is 2.34. The summed E-state index contributed by atoms with van der Waals surface area (Å²) in [6.07, 6.45) is 1.71. The Bertz CT molecular complexity index is 424. The van der Waals surface area contributed by atoms with Gasteiger partial charge in [0.05, 0.1) is 18.5 Å². The van der Waals surface area contributed by atoms with Crippen LogP contribution in [0.4, 0.5) is 0 Å². The molecule has 0 saturated heterocycles. The summed E-state index contributed by atoms with van der Waals surface area (Å²) in [4.78, 5) is 0. The zero-order valence-corrected chi connectivity index (χ0v) is 9.42. The minimum atomic E-state index is -0.0790. The molecule has 0 saturated carbocycles. The molecule has 0 bridgehead atoms. The van der Waals surface area contributed by atoms with Crippen molar-refractivity contribution in [3.05, 3.63) is 39.7 Å². The molecular weight excluding hydrogens is 293 g/mol. The Morgan fingerprint density at radius 3 is 2.57 bits per heavy atom. The van der Waals surface area contributed by atoms with E-state index in [-0.39, 0.29) is 6.61 Å². The van der Waals surface area contributed by atoms with E-state index < -0.39 is 0 Å². The van der Waals surface area contributed by atoms with Crippen LogP contribution in [0.15, 0.2) is 30.5 Å². The first-order valence-electron chi connectivity index (χ1n) is 4.07. The van der Waals surface area contributed by atoms with Gasteiger partial charge in [-0.2, -0.15) is 0 Å². The number of aliphatic hydroxyl groups is 1. The van der Waals surface area contributed by atoms with Crippen LogP contribution >= 0.6 is 22.6 Å². The second-order valence-corrected chi connectivity index (χ2v) is 4.03. The standard InChI is InChI=1S/C9H8IN3O/c10-7-1-3-9(4-2-7)13-5-8(6-14)11-12-13/h1-5,14H,6H2. The second-order valence-electron chi connectivity index (χ2n) is 2.79. The van der Waals surface area contributed by atoms with Crippen molar-refractivity contribution in [2.75, 3.05) is 0 Å². The van der Waals surface area contributed by atoms with E-state index in [2.05, 4.69) is 32.9 Å². The third-order valence-electron chi connectivity index (χ3n) is 1.79. The first-order valence-corrected chi connectivity index (χ1v) is 5.15. The molecule has 0 amide bonds. The van der Waals surface area contributed by atoms with Crippen LogP contribution in [0.2, 0.25) is 0 Å². The topological polar surface area (TPSA) is 50.9 Å². The van der Waals surface area contributed by atoms with Crippen LogP contribution in [0.3, 0.4) is 0 Å². The van der Waals surface area contributed by atoms with Gasteiger partial charge in [0.2, 0.25) is 0 Å². The fourth-order valence-electron chi connectivity index (χ4n) is 1.09. The van der Waals surface area contributed by atoms with Gasteiger partial charge in [-0.15, -0.1) is 5.10 Å². The van der Waals surface area contributed by atoms with E-state index in [1.165, 1.54) is 3.57 Å². The van der Waals surface area contributed by atoms with Crippen molar-refractivity contribution >= 4 is 22.6 Å². The average molecular weight is 301 g/mol. The van der Waals surface area contributed by atoms with Gasteiger partial charge < -0.3 is 5.11 Å². The Hall–Kier alpha value is -0.950. The van der Waals surface area contributed by atoms with Crippen molar-refractivity contribution in [3.63, 3.8) is 0 Å². The van der Waals surface area contributed by atoms with Crippen molar-refractivity contribution in [1.29, 1.82) is 0 Å². The molecule has 1 heterocycles. The lowest BCUT2D eigenvalue weighted by Crippen LogP contribution is -1.94. The number of hydrogen-bond donors (Lipinski definition) is 1. The molecule has 1 N–H and O–H groups in total. The molecule has 2 aromatic rings. The van der Waals surface area contributed by atoms with Gasteiger partial charge in [0.15, 0.2) is 0 Å². The number of benzene rings is 1. The molecule has 1 aromatic carbocycles. The first-order chi connectivity index (χ1) is 6.79. The minimum absolute atomic E-state index is 0.0790. The number of halogens is 1. The largest absolute Gasteiger partial charge is 0.390 e. The molecule has 0 unspecified atom stereocenters. The number of hydrogen-bond acceptors (Lipinski definition) is 3. The van der Waals surface area contributed by atoms with Crippen LogP contribution in [0.25, 0.3) is 5.69 Å². The monoisotopic (exact) mass is 301 g/mol. The SMILES string of the molecule is OCc1cn(-c2ccc(I)cc2)nn1. The van der Waals surface area contributed by atoms with Gasteiger partial charge in [0, 0.05) is 3.57 Å². The molecule has 0 aliphatic carbocycles. The maximum atomic E-state index is 8.82. The van der Waals surface area contributed by atoms with Crippen LogP contribution in [-0.2, 0) is 6.61 Å². The summed E-state index contributed by atoms with van der Waals surface area (Å²) in [5.41, 5.74) is 1.51. The Labute approximate surface area is 94.7 Å². The van der Waals surface area contributed by atoms with Crippen molar-refractivity contribution < 1.29 is 5.11 Å². The summed E-state index contributed by atoms with van der Waals surface area (Å²) >= 11 is 2.24.